The second-order valence-electron chi connectivity index (χ2n) is 3.71. The van der Waals surface area contributed by atoms with Gasteiger partial charge in [0.15, 0.2) is 0 Å². The summed E-state index contributed by atoms with van der Waals surface area (Å²) in [5, 5.41) is 0. The molecule has 0 bridgehead atoms. The number of rotatable bonds is 1. The summed E-state index contributed by atoms with van der Waals surface area (Å²) in [4.78, 5) is 13.6. The van der Waals surface area contributed by atoms with Crippen LogP contribution >= 0.6 is 0 Å². The van der Waals surface area contributed by atoms with Crippen molar-refractivity contribution >= 4 is 17.3 Å². The van der Waals surface area contributed by atoms with Crippen molar-refractivity contribution in [1.82, 2.24) is 0 Å². The largest absolute Gasteiger partial charge is 0.280 e. The molecule has 0 fully saturated rings. The fraction of sp³-hybridized carbons (Fsp3) is 0. The molecule has 1 radical (unpaired) electrons. The van der Waals surface area contributed by atoms with Crippen LogP contribution in [0.25, 0.3) is 0 Å². The van der Waals surface area contributed by atoms with Crippen molar-refractivity contribution in [2.24, 2.45) is 0 Å². The minimum atomic E-state index is 0.0207. The fourth-order valence-corrected chi connectivity index (χ4v) is 1.97. The maximum Gasteiger partial charge on any atom is 0.240 e. The Labute approximate surface area is 94.1 Å². The number of amides is 1. The Kier molecular flexibility index (Phi) is 2.00. The van der Waals surface area contributed by atoms with E-state index in [0.717, 1.165) is 16.9 Å². The summed E-state index contributed by atoms with van der Waals surface area (Å²) in [7, 11) is 0. The third kappa shape index (κ3) is 1.31. The summed E-state index contributed by atoms with van der Waals surface area (Å²) in [6.45, 7) is 0. The van der Waals surface area contributed by atoms with Crippen LogP contribution in [0.4, 0.5) is 11.4 Å². The van der Waals surface area contributed by atoms with Crippen LogP contribution in [0, 0.1) is 6.42 Å². The van der Waals surface area contributed by atoms with Gasteiger partial charge in [-0.25, -0.2) is 0 Å². The molecular weight excluding hydrogens is 198 g/mol. The van der Waals surface area contributed by atoms with Crippen molar-refractivity contribution in [3.8, 4) is 0 Å². The highest BCUT2D eigenvalue weighted by Crippen LogP contribution is 2.35. The molecule has 0 saturated carbocycles. The summed E-state index contributed by atoms with van der Waals surface area (Å²) in [6.07, 6.45) is 1.67. The molecule has 2 nitrogen and oxygen atoms in total. The van der Waals surface area contributed by atoms with Gasteiger partial charge in [0.05, 0.1) is 12.1 Å². The van der Waals surface area contributed by atoms with E-state index in [2.05, 4.69) is 0 Å². The quantitative estimate of drug-likeness (QED) is 0.705. The van der Waals surface area contributed by atoms with Crippen molar-refractivity contribution in [1.29, 1.82) is 0 Å². The van der Waals surface area contributed by atoms with Crippen molar-refractivity contribution in [3.63, 3.8) is 0 Å². The van der Waals surface area contributed by atoms with Gasteiger partial charge in [0, 0.05) is 5.69 Å². The topological polar surface area (TPSA) is 20.3 Å². The van der Waals surface area contributed by atoms with E-state index in [0.29, 0.717) is 0 Å². The first-order valence-corrected chi connectivity index (χ1v) is 5.19. The number of hydrogen-bond donors (Lipinski definition) is 0. The predicted molar refractivity (Wildman–Crippen MR) is 63.4 cm³/mol. The Morgan fingerprint density at radius 1 is 0.812 bits per heavy atom. The van der Waals surface area contributed by atoms with E-state index >= 15 is 0 Å². The number of benzene rings is 2. The summed E-state index contributed by atoms with van der Waals surface area (Å²) >= 11 is 0. The maximum absolute atomic E-state index is 11.9. The molecular formula is C14H10NO. The zero-order chi connectivity index (χ0) is 11.0. The molecule has 1 aliphatic heterocycles. The molecule has 0 N–H and O–H groups in total. The van der Waals surface area contributed by atoms with Crippen molar-refractivity contribution in [2.45, 2.75) is 0 Å². The minimum absolute atomic E-state index is 0.0207. The number of carbonyl (C=O) groups excluding carboxylic acids is 1. The number of nitrogens with zero attached hydrogens (tertiary/aromatic N) is 1. The van der Waals surface area contributed by atoms with Crippen LogP contribution in [-0.4, -0.2) is 5.91 Å². The molecule has 1 aliphatic rings. The Balaban J connectivity index is 2.13. The highest BCUT2D eigenvalue weighted by atomic mass is 16.2. The molecule has 0 aromatic heterocycles. The van der Waals surface area contributed by atoms with Gasteiger partial charge in [-0.15, -0.1) is 0 Å². The second kappa shape index (κ2) is 3.49. The van der Waals surface area contributed by atoms with E-state index in [1.807, 2.05) is 54.6 Å². The average Bonchev–Trinajstić information content (AvgIpc) is 2.66. The first kappa shape index (κ1) is 9.16. The molecule has 0 unspecified atom stereocenters. The Hall–Kier alpha value is -2.09. The Morgan fingerprint density at radius 3 is 2.31 bits per heavy atom. The number of hydrogen-bond acceptors (Lipinski definition) is 1. The van der Waals surface area contributed by atoms with Crippen molar-refractivity contribution < 1.29 is 4.79 Å². The van der Waals surface area contributed by atoms with Crippen molar-refractivity contribution in [3.05, 3.63) is 66.6 Å². The maximum atomic E-state index is 11.9. The first-order chi connectivity index (χ1) is 7.86. The first-order valence-electron chi connectivity index (χ1n) is 5.19. The van der Waals surface area contributed by atoms with Crippen LogP contribution in [0.5, 0.6) is 0 Å². The lowest BCUT2D eigenvalue weighted by Gasteiger charge is -2.17. The van der Waals surface area contributed by atoms with Crippen LogP contribution in [0.1, 0.15) is 5.56 Å². The molecule has 1 heterocycles. The van der Waals surface area contributed by atoms with Crippen LogP contribution in [0.2, 0.25) is 0 Å². The van der Waals surface area contributed by atoms with Gasteiger partial charge in [-0.3, -0.25) is 9.69 Å². The standard InChI is InChI=1S/C14H10NO/c16-14-10-11-6-4-5-9-13(11)15(14)12-7-2-1-3-8-12/h1-10H. The zero-order valence-electron chi connectivity index (χ0n) is 8.63. The van der Waals surface area contributed by atoms with Crippen LogP contribution in [0.3, 0.4) is 0 Å². The zero-order valence-corrected chi connectivity index (χ0v) is 8.63. The summed E-state index contributed by atoms with van der Waals surface area (Å²) < 4.78 is 0. The lowest BCUT2D eigenvalue weighted by atomic mass is 10.2. The van der Waals surface area contributed by atoms with E-state index in [1.165, 1.54) is 0 Å². The van der Waals surface area contributed by atoms with Gasteiger partial charge in [-0.1, -0.05) is 36.4 Å². The monoisotopic (exact) mass is 208 g/mol. The van der Waals surface area contributed by atoms with E-state index in [1.54, 1.807) is 11.3 Å². The predicted octanol–water partition coefficient (Wildman–Crippen LogP) is 2.92. The number of para-hydroxylation sites is 2. The van der Waals surface area contributed by atoms with Crippen LogP contribution in [-0.2, 0) is 4.79 Å². The van der Waals surface area contributed by atoms with Gasteiger partial charge < -0.3 is 0 Å². The summed E-state index contributed by atoms with van der Waals surface area (Å²) in [5.74, 6) is 0.0207. The third-order valence-corrected chi connectivity index (χ3v) is 2.69. The molecule has 2 aromatic carbocycles. The van der Waals surface area contributed by atoms with E-state index < -0.39 is 0 Å². The Bertz CT molecular complexity index is 533. The summed E-state index contributed by atoms with van der Waals surface area (Å²) in [5.41, 5.74) is 2.85. The molecule has 0 aliphatic carbocycles. The molecule has 1 amide bonds. The molecule has 3 rings (SSSR count). The smallest absolute Gasteiger partial charge is 0.240 e. The van der Waals surface area contributed by atoms with Gasteiger partial charge in [0.1, 0.15) is 0 Å². The molecule has 0 spiro atoms. The fourth-order valence-electron chi connectivity index (χ4n) is 1.97. The number of fused-ring (bicyclic) bond motifs is 1. The van der Waals surface area contributed by atoms with Crippen LogP contribution in [0.15, 0.2) is 54.6 Å². The normalized spacial score (nSPS) is 14.0. The Morgan fingerprint density at radius 2 is 1.50 bits per heavy atom. The van der Waals surface area contributed by atoms with Crippen LogP contribution < -0.4 is 4.90 Å². The van der Waals surface area contributed by atoms with E-state index in [4.69, 9.17) is 0 Å². The van der Waals surface area contributed by atoms with E-state index in [9.17, 15) is 4.79 Å². The van der Waals surface area contributed by atoms with Gasteiger partial charge in [-0.2, -0.15) is 0 Å². The molecule has 2 heteroatoms. The highest BCUT2D eigenvalue weighted by molar-refractivity contribution is 6.13. The molecule has 77 valence electrons. The summed E-state index contributed by atoms with van der Waals surface area (Å²) in [6, 6.07) is 17.5. The van der Waals surface area contributed by atoms with Crippen molar-refractivity contribution in [2.75, 3.05) is 4.90 Å². The van der Waals surface area contributed by atoms with Gasteiger partial charge in [0.2, 0.25) is 5.91 Å². The number of anilines is 2. The van der Waals surface area contributed by atoms with Gasteiger partial charge >= 0.3 is 0 Å². The molecule has 0 saturated heterocycles. The number of carbonyl (C=O) groups is 1. The molecule has 16 heavy (non-hydrogen) atoms. The minimum Gasteiger partial charge on any atom is -0.280 e. The second-order valence-corrected chi connectivity index (χ2v) is 3.71. The van der Waals surface area contributed by atoms with E-state index in [-0.39, 0.29) is 5.91 Å². The lowest BCUT2D eigenvalue weighted by molar-refractivity contribution is -0.114. The van der Waals surface area contributed by atoms with Gasteiger partial charge in [-0.05, 0) is 23.8 Å². The molecule has 2 aromatic rings. The average molecular weight is 208 g/mol. The highest BCUT2D eigenvalue weighted by Gasteiger charge is 2.27. The van der Waals surface area contributed by atoms with Gasteiger partial charge in [0.25, 0.3) is 0 Å². The lowest BCUT2D eigenvalue weighted by Crippen LogP contribution is -2.19. The third-order valence-electron chi connectivity index (χ3n) is 2.69. The molecule has 0 atom stereocenters. The SMILES string of the molecule is O=C1[CH]c2ccccc2N1c1ccccc1.